The third-order valence-electron chi connectivity index (χ3n) is 5.14. The lowest BCUT2D eigenvalue weighted by Gasteiger charge is -2.48. The first-order valence-corrected chi connectivity index (χ1v) is 9.25. The zero-order valence-corrected chi connectivity index (χ0v) is 16.6. The van der Waals surface area contributed by atoms with Crippen molar-refractivity contribution in [2.75, 3.05) is 38.7 Å². The number of carbonyl (C=O) groups excluding carboxylic acids is 1. The molecule has 0 aliphatic carbocycles. The molecule has 0 saturated carbocycles. The van der Waals surface area contributed by atoms with Gasteiger partial charge in [0.1, 0.15) is 6.10 Å². The van der Waals surface area contributed by atoms with Gasteiger partial charge in [-0.3, -0.25) is 14.9 Å². The Morgan fingerprint density at radius 1 is 1.38 bits per heavy atom. The zero-order valence-electron chi connectivity index (χ0n) is 15.0. The van der Waals surface area contributed by atoms with E-state index in [1.165, 1.54) is 13.2 Å². The summed E-state index contributed by atoms with van der Waals surface area (Å²) in [5.74, 6) is 0.252. The fourth-order valence-electron chi connectivity index (χ4n) is 3.79. The van der Waals surface area contributed by atoms with Gasteiger partial charge in [-0.1, -0.05) is 0 Å². The lowest BCUT2D eigenvalue weighted by Crippen LogP contribution is -2.60. The number of morpholine rings is 1. The number of likely N-dealkylation sites (N-methyl/N-ethyl adjacent to an activating group) is 1. The van der Waals surface area contributed by atoms with Crippen LogP contribution < -0.4 is 9.64 Å². The van der Waals surface area contributed by atoms with Gasteiger partial charge in [0.2, 0.25) is 0 Å². The van der Waals surface area contributed by atoms with Crippen LogP contribution in [0.5, 0.6) is 5.75 Å². The summed E-state index contributed by atoms with van der Waals surface area (Å²) in [6, 6.07) is 3.17. The van der Waals surface area contributed by atoms with Crippen LogP contribution in [-0.4, -0.2) is 61.2 Å². The van der Waals surface area contributed by atoms with Gasteiger partial charge in [0.15, 0.2) is 5.75 Å². The second kappa shape index (κ2) is 7.03. The zero-order chi connectivity index (χ0) is 19.1. The molecule has 1 aromatic rings. The van der Waals surface area contributed by atoms with Crippen LogP contribution in [-0.2, 0) is 9.53 Å². The molecule has 1 unspecified atom stereocenters. The lowest BCUT2D eigenvalue weighted by atomic mass is 9.88. The van der Waals surface area contributed by atoms with E-state index in [2.05, 4.69) is 20.8 Å². The molecule has 1 spiro atoms. The Bertz CT molecular complexity index is 717. The number of benzene rings is 1. The number of nitro groups is 1. The number of piperidine rings is 1. The molecule has 0 bridgehead atoms. The Morgan fingerprint density at radius 2 is 2.04 bits per heavy atom. The Morgan fingerprint density at radius 3 is 2.58 bits per heavy atom. The number of anilines is 1. The highest BCUT2D eigenvalue weighted by molar-refractivity contribution is 9.10. The third-order valence-corrected chi connectivity index (χ3v) is 5.77. The van der Waals surface area contributed by atoms with Gasteiger partial charge >= 0.3 is 5.69 Å². The van der Waals surface area contributed by atoms with Crippen molar-refractivity contribution >= 4 is 33.2 Å². The van der Waals surface area contributed by atoms with E-state index >= 15 is 0 Å². The molecular weight excluding hydrogens is 406 g/mol. The Balaban J connectivity index is 1.78. The van der Waals surface area contributed by atoms with E-state index in [0.29, 0.717) is 11.0 Å². The fourth-order valence-corrected chi connectivity index (χ4v) is 4.38. The smallest absolute Gasteiger partial charge is 0.312 e. The lowest BCUT2D eigenvalue weighted by molar-refractivity contribution is -0.385. The number of nitro benzene ring substituents is 1. The molecule has 1 atom stereocenters. The number of amides is 1. The fraction of sp³-hybridized carbons (Fsp3) is 0.588. The Hall–Kier alpha value is -1.87. The minimum Gasteiger partial charge on any atom is -0.490 e. The average Bonchev–Trinajstić information content (AvgIpc) is 2.60. The summed E-state index contributed by atoms with van der Waals surface area (Å²) >= 11 is 3.44. The van der Waals surface area contributed by atoms with E-state index in [1.807, 2.05) is 7.05 Å². The number of nitrogens with zero attached hydrogens (tertiary/aromatic N) is 3. The van der Waals surface area contributed by atoms with Crippen molar-refractivity contribution in [1.29, 1.82) is 0 Å². The third kappa shape index (κ3) is 3.37. The summed E-state index contributed by atoms with van der Waals surface area (Å²) in [4.78, 5) is 26.6. The maximum absolute atomic E-state index is 12.0. The van der Waals surface area contributed by atoms with Crippen LogP contribution in [0.1, 0.15) is 19.8 Å². The van der Waals surface area contributed by atoms with Crippen molar-refractivity contribution in [2.45, 2.75) is 31.5 Å². The van der Waals surface area contributed by atoms with Crippen molar-refractivity contribution in [1.82, 2.24) is 4.90 Å². The summed E-state index contributed by atoms with van der Waals surface area (Å²) in [5, 5.41) is 11.2. The molecule has 1 aromatic carbocycles. The number of halogens is 1. The SMILES string of the molecule is COc1cc(N2CCC3(CC2)CN(C)C(=O)C(C)O3)c(Br)cc1[N+](=O)[O-]. The van der Waals surface area contributed by atoms with Crippen LogP contribution in [0.4, 0.5) is 11.4 Å². The van der Waals surface area contributed by atoms with E-state index in [0.717, 1.165) is 31.6 Å². The second-order valence-electron chi connectivity index (χ2n) is 6.86. The van der Waals surface area contributed by atoms with Crippen LogP contribution in [0.2, 0.25) is 0 Å². The normalized spacial score (nSPS) is 22.6. The largest absolute Gasteiger partial charge is 0.490 e. The van der Waals surface area contributed by atoms with Crippen molar-refractivity contribution in [3.63, 3.8) is 0 Å². The topological polar surface area (TPSA) is 85.2 Å². The summed E-state index contributed by atoms with van der Waals surface area (Å²) in [6.07, 6.45) is 1.13. The van der Waals surface area contributed by atoms with Gasteiger partial charge < -0.3 is 19.3 Å². The Kier molecular flexibility index (Phi) is 5.12. The van der Waals surface area contributed by atoms with Crippen LogP contribution in [0.15, 0.2) is 16.6 Å². The highest BCUT2D eigenvalue weighted by atomic mass is 79.9. The van der Waals surface area contributed by atoms with Gasteiger partial charge in [-0.15, -0.1) is 0 Å². The van der Waals surface area contributed by atoms with Gasteiger partial charge in [0.05, 0.1) is 23.3 Å². The number of hydrogen-bond acceptors (Lipinski definition) is 6. The standard InChI is InChI=1S/C17H22BrN3O5/c1-11-16(22)19(2)10-17(26-11)4-6-20(7-5-17)13-9-15(25-3)14(21(23)24)8-12(13)18/h8-9,11H,4-7,10H2,1-3H3. The minimum atomic E-state index is -0.456. The first-order valence-electron chi connectivity index (χ1n) is 8.46. The van der Waals surface area contributed by atoms with Gasteiger partial charge in [0, 0.05) is 43.3 Å². The highest BCUT2D eigenvalue weighted by Gasteiger charge is 2.44. The molecule has 142 valence electrons. The molecule has 2 saturated heterocycles. The molecule has 9 heteroatoms. The molecule has 3 rings (SSSR count). The quantitative estimate of drug-likeness (QED) is 0.544. The number of rotatable bonds is 3. The first-order chi connectivity index (χ1) is 12.3. The molecule has 0 aromatic heterocycles. The van der Waals surface area contributed by atoms with Gasteiger partial charge in [-0.25, -0.2) is 0 Å². The molecule has 8 nitrogen and oxygen atoms in total. The highest BCUT2D eigenvalue weighted by Crippen LogP contribution is 2.41. The van der Waals surface area contributed by atoms with Crippen LogP contribution in [0.3, 0.4) is 0 Å². The molecule has 1 amide bonds. The van der Waals surface area contributed by atoms with E-state index in [-0.39, 0.29) is 22.9 Å². The molecular formula is C17H22BrN3O5. The second-order valence-corrected chi connectivity index (χ2v) is 7.71. The van der Waals surface area contributed by atoms with Crippen molar-refractivity contribution in [3.05, 3.63) is 26.7 Å². The molecule has 2 aliphatic heterocycles. The van der Waals surface area contributed by atoms with Crippen LogP contribution in [0, 0.1) is 10.1 Å². The van der Waals surface area contributed by atoms with E-state index in [1.54, 1.807) is 17.9 Å². The molecule has 26 heavy (non-hydrogen) atoms. The number of methoxy groups -OCH3 is 1. The van der Waals surface area contributed by atoms with Gasteiger partial charge in [-0.2, -0.15) is 0 Å². The van der Waals surface area contributed by atoms with Crippen molar-refractivity contribution < 1.29 is 19.2 Å². The molecule has 0 N–H and O–H groups in total. The summed E-state index contributed by atoms with van der Waals surface area (Å²) in [7, 11) is 3.24. The van der Waals surface area contributed by atoms with Crippen molar-refractivity contribution in [2.24, 2.45) is 0 Å². The average molecular weight is 428 g/mol. The maximum atomic E-state index is 12.0. The summed E-state index contributed by atoms with van der Waals surface area (Å²) < 4.78 is 11.9. The minimum absolute atomic E-state index is 0.0147. The molecule has 2 fully saturated rings. The monoisotopic (exact) mass is 427 g/mol. The molecule has 2 heterocycles. The Labute approximate surface area is 160 Å². The van der Waals surface area contributed by atoms with E-state index in [4.69, 9.17) is 9.47 Å². The maximum Gasteiger partial charge on any atom is 0.312 e. The van der Waals surface area contributed by atoms with Crippen LogP contribution >= 0.6 is 15.9 Å². The van der Waals surface area contributed by atoms with Crippen molar-refractivity contribution in [3.8, 4) is 5.75 Å². The number of hydrogen-bond donors (Lipinski definition) is 0. The predicted octanol–water partition coefficient (Wildman–Crippen LogP) is 2.58. The van der Waals surface area contributed by atoms with E-state index in [9.17, 15) is 14.9 Å². The van der Waals surface area contributed by atoms with Crippen LogP contribution in [0.25, 0.3) is 0 Å². The summed E-state index contributed by atoms with van der Waals surface area (Å²) in [6.45, 7) is 3.85. The number of ether oxygens (including phenoxy) is 2. The van der Waals surface area contributed by atoms with Gasteiger partial charge in [0.25, 0.3) is 5.91 Å². The molecule has 2 aliphatic rings. The number of carbonyl (C=O) groups is 1. The first kappa shape index (κ1) is 18.9. The summed E-state index contributed by atoms with van der Waals surface area (Å²) in [5.41, 5.74) is 0.465. The van der Waals surface area contributed by atoms with Gasteiger partial charge in [-0.05, 0) is 35.7 Å². The van der Waals surface area contributed by atoms with E-state index < -0.39 is 11.0 Å². The molecule has 0 radical (unpaired) electrons. The predicted molar refractivity (Wildman–Crippen MR) is 99.7 cm³/mol.